The van der Waals surface area contributed by atoms with Crippen LogP contribution in [0, 0.1) is 0 Å². The Morgan fingerprint density at radius 2 is 1.00 bits per heavy atom. The Balaban J connectivity index is 1.26. The van der Waals surface area contributed by atoms with Crippen LogP contribution in [0.3, 0.4) is 0 Å². The van der Waals surface area contributed by atoms with Crippen molar-refractivity contribution >= 4 is 38.9 Å². The van der Waals surface area contributed by atoms with Crippen molar-refractivity contribution in [3.63, 3.8) is 0 Å². The van der Waals surface area contributed by atoms with Crippen LogP contribution in [0.2, 0.25) is 0 Å². The molecule has 0 aliphatic heterocycles. The van der Waals surface area contributed by atoms with Gasteiger partial charge in [-0.1, -0.05) is 153 Å². The molecule has 0 bridgehead atoms. The van der Waals surface area contributed by atoms with Crippen molar-refractivity contribution in [2.45, 2.75) is 19.3 Å². The number of nitrogens with zero attached hydrogens (tertiary/aromatic N) is 2. The second-order valence-electron chi connectivity index (χ2n) is 14.6. The van der Waals surface area contributed by atoms with E-state index in [1.165, 1.54) is 72.0 Å². The molecular weight excluding hydrogens is 641 g/mol. The fraction of sp³-hybridized carbons (Fsp3) is 0.0588. The van der Waals surface area contributed by atoms with Crippen molar-refractivity contribution < 1.29 is 0 Å². The zero-order valence-electron chi connectivity index (χ0n) is 29.9. The third-order valence-corrected chi connectivity index (χ3v) is 11.2. The van der Waals surface area contributed by atoms with Crippen molar-refractivity contribution in [2.24, 2.45) is 0 Å². The zero-order valence-corrected chi connectivity index (χ0v) is 29.9. The average Bonchev–Trinajstić information content (AvgIpc) is 3.67. The minimum atomic E-state index is -0.147. The van der Waals surface area contributed by atoms with E-state index in [4.69, 9.17) is 0 Å². The summed E-state index contributed by atoms with van der Waals surface area (Å²) in [6, 6.07) is 70.8. The molecule has 252 valence electrons. The molecule has 0 saturated carbocycles. The molecule has 1 aliphatic carbocycles. The highest BCUT2D eigenvalue weighted by atomic mass is 15.1. The summed E-state index contributed by atoms with van der Waals surface area (Å²) in [6.07, 6.45) is 0. The van der Waals surface area contributed by atoms with Crippen LogP contribution in [0.25, 0.3) is 60.9 Å². The summed E-state index contributed by atoms with van der Waals surface area (Å²) in [4.78, 5) is 2.48. The van der Waals surface area contributed by atoms with E-state index in [0.29, 0.717) is 0 Å². The number of hydrogen-bond donors (Lipinski definition) is 0. The molecule has 1 heterocycles. The number of hydrogen-bond acceptors (Lipinski definition) is 1. The third-order valence-electron chi connectivity index (χ3n) is 11.2. The number of aromatic nitrogens is 1. The Morgan fingerprint density at radius 3 is 1.77 bits per heavy atom. The predicted octanol–water partition coefficient (Wildman–Crippen LogP) is 13.9. The Labute approximate surface area is 310 Å². The summed E-state index contributed by atoms with van der Waals surface area (Å²) in [5.41, 5.74) is 17.0. The van der Waals surface area contributed by atoms with Crippen molar-refractivity contribution in [3.05, 3.63) is 205 Å². The van der Waals surface area contributed by atoms with Gasteiger partial charge in [-0.3, -0.25) is 0 Å². The van der Waals surface area contributed by atoms with E-state index in [2.05, 4.69) is 217 Å². The first-order chi connectivity index (χ1) is 26.1. The lowest BCUT2D eigenvalue weighted by molar-refractivity contribution is 0.660. The molecule has 0 unspecified atom stereocenters. The van der Waals surface area contributed by atoms with Gasteiger partial charge >= 0.3 is 0 Å². The summed E-state index contributed by atoms with van der Waals surface area (Å²) < 4.78 is 2.39. The predicted molar refractivity (Wildman–Crippen MR) is 224 cm³/mol. The normalized spacial score (nSPS) is 12.9. The van der Waals surface area contributed by atoms with Gasteiger partial charge in [0.15, 0.2) is 0 Å². The highest BCUT2D eigenvalue weighted by Gasteiger charge is 2.39. The lowest BCUT2D eigenvalue weighted by atomic mass is 9.81. The fourth-order valence-corrected chi connectivity index (χ4v) is 8.65. The Hall–Kier alpha value is -6.64. The van der Waals surface area contributed by atoms with Gasteiger partial charge in [0.1, 0.15) is 0 Å². The van der Waals surface area contributed by atoms with Gasteiger partial charge in [-0.2, -0.15) is 0 Å². The molecule has 0 spiro atoms. The van der Waals surface area contributed by atoms with Crippen LogP contribution in [-0.4, -0.2) is 4.57 Å². The van der Waals surface area contributed by atoms with E-state index in [0.717, 1.165) is 17.1 Å². The average molecular weight is 679 g/mol. The maximum absolute atomic E-state index is 2.48. The molecule has 2 nitrogen and oxygen atoms in total. The molecule has 10 rings (SSSR count). The standard InChI is InChI=1S/C51H38N2/c1-51(2)45-24-14-12-23-43(45)49-46(51)32-31-41(37-28-33-48-44(34-37)42-22-13-15-25-47(42)53(48)39-20-10-5-11-21-39)50(49)52(38-18-8-4-9-19-38)40-29-26-36(27-30-40)35-16-6-3-7-17-35/h3-34H,1-2H3. The number of rotatable bonds is 6. The van der Waals surface area contributed by atoms with Gasteiger partial charge in [-0.05, 0) is 88.0 Å². The van der Waals surface area contributed by atoms with E-state index in [9.17, 15) is 0 Å². The molecule has 0 fully saturated rings. The fourth-order valence-electron chi connectivity index (χ4n) is 8.65. The van der Waals surface area contributed by atoms with Crippen LogP contribution in [0.5, 0.6) is 0 Å². The minimum absolute atomic E-state index is 0.147. The van der Waals surface area contributed by atoms with E-state index < -0.39 is 0 Å². The second kappa shape index (κ2) is 12.3. The number of fused-ring (bicyclic) bond motifs is 6. The van der Waals surface area contributed by atoms with Gasteiger partial charge in [0, 0.05) is 44.4 Å². The van der Waals surface area contributed by atoms with Gasteiger partial charge in [0.05, 0.1) is 16.7 Å². The van der Waals surface area contributed by atoms with Gasteiger partial charge < -0.3 is 9.47 Å². The number of benzene rings is 8. The highest BCUT2D eigenvalue weighted by molar-refractivity contribution is 6.11. The lowest BCUT2D eigenvalue weighted by Crippen LogP contribution is -2.16. The molecule has 0 amide bonds. The van der Waals surface area contributed by atoms with Gasteiger partial charge in [-0.15, -0.1) is 0 Å². The van der Waals surface area contributed by atoms with Crippen molar-refractivity contribution in [1.29, 1.82) is 0 Å². The van der Waals surface area contributed by atoms with Crippen LogP contribution in [-0.2, 0) is 5.41 Å². The topological polar surface area (TPSA) is 8.17 Å². The first kappa shape index (κ1) is 31.1. The molecule has 53 heavy (non-hydrogen) atoms. The maximum Gasteiger partial charge on any atom is 0.0621 e. The van der Waals surface area contributed by atoms with Gasteiger partial charge in [0.2, 0.25) is 0 Å². The second-order valence-corrected chi connectivity index (χ2v) is 14.6. The van der Waals surface area contributed by atoms with Crippen LogP contribution < -0.4 is 4.90 Å². The molecule has 0 atom stereocenters. The van der Waals surface area contributed by atoms with Crippen molar-refractivity contribution in [3.8, 4) is 39.1 Å². The molecule has 0 radical (unpaired) electrons. The quantitative estimate of drug-likeness (QED) is 0.170. The van der Waals surface area contributed by atoms with Gasteiger partial charge in [-0.25, -0.2) is 0 Å². The summed E-state index contributed by atoms with van der Waals surface area (Å²) >= 11 is 0. The molecule has 0 saturated heterocycles. The van der Waals surface area contributed by atoms with Gasteiger partial charge in [0.25, 0.3) is 0 Å². The van der Waals surface area contributed by atoms with E-state index in [1.807, 2.05) is 0 Å². The Morgan fingerprint density at radius 1 is 0.415 bits per heavy atom. The summed E-state index contributed by atoms with van der Waals surface area (Å²) in [5, 5.41) is 2.49. The van der Waals surface area contributed by atoms with Crippen LogP contribution >= 0.6 is 0 Å². The zero-order chi connectivity index (χ0) is 35.5. The van der Waals surface area contributed by atoms with E-state index in [1.54, 1.807) is 0 Å². The SMILES string of the molecule is CC1(C)c2ccccc2-c2c1ccc(-c1ccc3c(c1)c1ccccc1n3-c1ccccc1)c2N(c1ccccc1)c1ccc(-c2ccccc2)cc1. The molecule has 9 aromatic rings. The van der Waals surface area contributed by atoms with Crippen LogP contribution in [0.4, 0.5) is 17.1 Å². The number of anilines is 3. The first-order valence-electron chi connectivity index (χ1n) is 18.4. The summed E-state index contributed by atoms with van der Waals surface area (Å²) in [5.74, 6) is 0. The largest absolute Gasteiger partial charge is 0.309 e. The molecule has 1 aromatic heterocycles. The van der Waals surface area contributed by atoms with Crippen molar-refractivity contribution in [1.82, 2.24) is 4.57 Å². The highest BCUT2D eigenvalue weighted by Crippen LogP contribution is 2.57. The van der Waals surface area contributed by atoms with E-state index in [-0.39, 0.29) is 5.41 Å². The Kier molecular flexibility index (Phi) is 7.19. The smallest absolute Gasteiger partial charge is 0.0621 e. The molecule has 8 aromatic carbocycles. The first-order valence-corrected chi connectivity index (χ1v) is 18.4. The minimum Gasteiger partial charge on any atom is -0.309 e. The van der Waals surface area contributed by atoms with Crippen LogP contribution in [0.1, 0.15) is 25.0 Å². The maximum atomic E-state index is 2.48. The van der Waals surface area contributed by atoms with E-state index >= 15 is 0 Å². The summed E-state index contributed by atoms with van der Waals surface area (Å²) in [7, 11) is 0. The third kappa shape index (κ3) is 4.94. The molecule has 1 aliphatic rings. The van der Waals surface area contributed by atoms with Crippen LogP contribution in [0.15, 0.2) is 194 Å². The molecule has 2 heteroatoms. The number of para-hydroxylation sites is 3. The lowest BCUT2D eigenvalue weighted by Gasteiger charge is -2.31. The summed E-state index contributed by atoms with van der Waals surface area (Å²) in [6.45, 7) is 4.74. The molecule has 0 N–H and O–H groups in total. The monoisotopic (exact) mass is 678 g/mol. The Bertz CT molecular complexity index is 2780. The molecular formula is C51H38N2. The van der Waals surface area contributed by atoms with Crippen molar-refractivity contribution in [2.75, 3.05) is 4.90 Å².